The van der Waals surface area contributed by atoms with Crippen LogP contribution < -0.4 is 0 Å². The van der Waals surface area contributed by atoms with Crippen LogP contribution in [0.5, 0.6) is 0 Å². The number of aromatic nitrogens is 2. The predicted octanol–water partition coefficient (Wildman–Crippen LogP) is 1.82. The molecule has 128 valence electrons. The zero-order valence-corrected chi connectivity index (χ0v) is 13.8. The van der Waals surface area contributed by atoms with Gasteiger partial charge >= 0.3 is 5.97 Å². The summed E-state index contributed by atoms with van der Waals surface area (Å²) in [5.74, 6) is -0.551. The van der Waals surface area contributed by atoms with E-state index in [9.17, 15) is 9.90 Å². The van der Waals surface area contributed by atoms with E-state index in [1.807, 2.05) is 30.3 Å². The molecule has 1 aromatic carbocycles. The van der Waals surface area contributed by atoms with E-state index in [2.05, 4.69) is 25.9 Å². The molecule has 1 aliphatic rings. The monoisotopic (exact) mass is 329 g/mol. The van der Waals surface area contributed by atoms with Gasteiger partial charge in [-0.3, -0.25) is 10.00 Å². The first-order valence-electron chi connectivity index (χ1n) is 8.25. The first-order valence-corrected chi connectivity index (χ1v) is 8.25. The van der Waals surface area contributed by atoms with E-state index < -0.39 is 12.1 Å². The molecule has 0 radical (unpaired) electrons. The maximum absolute atomic E-state index is 11.4. The van der Waals surface area contributed by atoms with Crippen LogP contribution in [0.1, 0.15) is 18.5 Å². The van der Waals surface area contributed by atoms with E-state index in [4.69, 9.17) is 0 Å². The first kappa shape index (κ1) is 16.7. The van der Waals surface area contributed by atoms with Crippen molar-refractivity contribution in [3.05, 3.63) is 42.1 Å². The number of nitrogens with zero attached hydrogens (tertiary/aromatic N) is 2. The molecule has 2 heterocycles. The van der Waals surface area contributed by atoms with Crippen molar-refractivity contribution in [2.45, 2.75) is 25.5 Å². The third kappa shape index (κ3) is 3.83. The summed E-state index contributed by atoms with van der Waals surface area (Å²) < 4.78 is 4.62. The van der Waals surface area contributed by atoms with E-state index in [0.717, 1.165) is 49.4 Å². The average molecular weight is 329 g/mol. The molecule has 0 bridgehead atoms. The highest BCUT2D eigenvalue weighted by Crippen LogP contribution is 2.23. The van der Waals surface area contributed by atoms with Crippen LogP contribution in [0.2, 0.25) is 0 Å². The van der Waals surface area contributed by atoms with Crippen LogP contribution in [0, 0.1) is 5.92 Å². The lowest BCUT2D eigenvalue weighted by molar-refractivity contribution is -0.154. The SMILES string of the molecule is COC(=O)[C@H](O)C1CCN(Cc2cc(-c3ccccc3)n[nH]2)CC1. The van der Waals surface area contributed by atoms with Gasteiger partial charge in [-0.15, -0.1) is 0 Å². The molecule has 0 spiro atoms. The summed E-state index contributed by atoms with van der Waals surface area (Å²) in [7, 11) is 1.31. The molecule has 0 unspecified atom stereocenters. The minimum atomic E-state index is -1.01. The fourth-order valence-corrected chi connectivity index (χ4v) is 3.18. The first-order chi connectivity index (χ1) is 11.7. The zero-order chi connectivity index (χ0) is 16.9. The third-order valence-electron chi connectivity index (χ3n) is 4.62. The quantitative estimate of drug-likeness (QED) is 0.818. The number of methoxy groups -OCH3 is 1. The molecule has 2 N–H and O–H groups in total. The van der Waals surface area contributed by atoms with Gasteiger partial charge in [-0.25, -0.2) is 4.79 Å². The summed E-state index contributed by atoms with van der Waals surface area (Å²) in [6, 6.07) is 12.1. The molecule has 24 heavy (non-hydrogen) atoms. The highest BCUT2D eigenvalue weighted by molar-refractivity contribution is 5.74. The number of hydrogen-bond acceptors (Lipinski definition) is 5. The van der Waals surface area contributed by atoms with Gasteiger partial charge in [-0.2, -0.15) is 5.10 Å². The number of ether oxygens (including phenoxy) is 1. The summed E-state index contributed by atoms with van der Waals surface area (Å²) in [5.41, 5.74) is 3.11. The number of piperidine rings is 1. The van der Waals surface area contributed by atoms with Crippen molar-refractivity contribution in [1.29, 1.82) is 0 Å². The molecule has 1 aromatic heterocycles. The molecule has 3 rings (SSSR count). The van der Waals surface area contributed by atoms with Gasteiger partial charge in [-0.1, -0.05) is 30.3 Å². The van der Waals surface area contributed by atoms with E-state index in [1.165, 1.54) is 7.11 Å². The molecule has 0 amide bonds. The number of carbonyl (C=O) groups is 1. The normalized spacial score (nSPS) is 17.6. The highest BCUT2D eigenvalue weighted by Gasteiger charge is 2.30. The minimum absolute atomic E-state index is 0.0182. The lowest BCUT2D eigenvalue weighted by atomic mass is 9.91. The van der Waals surface area contributed by atoms with Crippen LogP contribution >= 0.6 is 0 Å². The van der Waals surface area contributed by atoms with Crippen molar-refractivity contribution < 1.29 is 14.6 Å². The van der Waals surface area contributed by atoms with E-state index in [0.29, 0.717) is 0 Å². The maximum atomic E-state index is 11.4. The topological polar surface area (TPSA) is 78.5 Å². The molecule has 1 aliphatic heterocycles. The molecular formula is C18H23N3O3. The number of aliphatic hydroxyl groups excluding tert-OH is 1. The van der Waals surface area contributed by atoms with E-state index in [-0.39, 0.29) is 5.92 Å². The Hall–Kier alpha value is -2.18. The Labute approximate surface area is 141 Å². The number of carbonyl (C=O) groups excluding carboxylic acids is 1. The molecule has 1 saturated heterocycles. The maximum Gasteiger partial charge on any atom is 0.334 e. The van der Waals surface area contributed by atoms with Crippen LogP contribution in [0.3, 0.4) is 0 Å². The zero-order valence-electron chi connectivity index (χ0n) is 13.8. The van der Waals surface area contributed by atoms with Crippen molar-refractivity contribution in [3.63, 3.8) is 0 Å². The average Bonchev–Trinajstić information content (AvgIpc) is 3.10. The Balaban J connectivity index is 1.54. The van der Waals surface area contributed by atoms with Gasteiger partial charge in [0.1, 0.15) is 0 Å². The number of rotatable bonds is 5. The van der Waals surface area contributed by atoms with Crippen LogP contribution in [0.25, 0.3) is 11.3 Å². The van der Waals surface area contributed by atoms with Crippen LogP contribution in [-0.4, -0.2) is 52.5 Å². The highest BCUT2D eigenvalue weighted by atomic mass is 16.5. The number of hydrogen-bond donors (Lipinski definition) is 2. The number of aliphatic hydroxyl groups is 1. The Morgan fingerprint density at radius 2 is 2.08 bits per heavy atom. The fourth-order valence-electron chi connectivity index (χ4n) is 3.18. The smallest absolute Gasteiger partial charge is 0.334 e. The minimum Gasteiger partial charge on any atom is -0.467 e. The molecule has 0 aliphatic carbocycles. The number of benzene rings is 1. The molecule has 6 nitrogen and oxygen atoms in total. The lowest BCUT2D eigenvalue weighted by Gasteiger charge is -2.32. The van der Waals surface area contributed by atoms with E-state index >= 15 is 0 Å². The van der Waals surface area contributed by atoms with Crippen molar-refractivity contribution in [3.8, 4) is 11.3 Å². The van der Waals surface area contributed by atoms with Crippen LogP contribution in [-0.2, 0) is 16.1 Å². The van der Waals surface area contributed by atoms with Crippen LogP contribution in [0.4, 0.5) is 0 Å². The Morgan fingerprint density at radius 3 is 2.75 bits per heavy atom. The summed E-state index contributed by atoms with van der Waals surface area (Å²) >= 11 is 0. The Morgan fingerprint density at radius 1 is 1.38 bits per heavy atom. The molecule has 0 saturated carbocycles. The number of nitrogens with one attached hydrogen (secondary N) is 1. The summed E-state index contributed by atoms with van der Waals surface area (Å²) in [5, 5.41) is 17.4. The molecule has 6 heteroatoms. The van der Waals surface area contributed by atoms with Crippen molar-refractivity contribution in [1.82, 2.24) is 15.1 Å². The van der Waals surface area contributed by atoms with Gasteiger partial charge in [0.2, 0.25) is 0 Å². The van der Waals surface area contributed by atoms with Gasteiger partial charge in [0.15, 0.2) is 6.10 Å². The second-order valence-corrected chi connectivity index (χ2v) is 6.23. The molecule has 1 atom stereocenters. The van der Waals surface area contributed by atoms with Gasteiger partial charge < -0.3 is 9.84 Å². The van der Waals surface area contributed by atoms with Gasteiger partial charge in [0.25, 0.3) is 0 Å². The summed E-state index contributed by atoms with van der Waals surface area (Å²) in [6.07, 6.45) is 0.570. The fraction of sp³-hybridized carbons (Fsp3) is 0.444. The third-order valence-corrected chi connectivity index (χ3v) is 4.62. The van der Waals surface area contributed by atoms with Crippen LogP contribution in [0.15, 0.2) is 36.4 Å². The Bertz CT molecular complexity index is 663. The molecule has 2 aromatic rings. The predicted molar refractivity (Wildman–Crippen MR) is 90.0 cm³/mol. The van der Waals surface area contributed by atoms with Crippen molar-refractivity contribution in [2.75, 3.05) is 20.2 Å². The van der Waals surface area contributed by atoms with Crippen molar-refractivity contribution in [2.24, 2.45) is 5.92 Å². The lowest BCUT2D eigenvalue weighted by Crippen LogP contribution is -2.40. The number of esters is 1. The second-order valence-electron chi connectivity index (χ2n) is 6.23. The Kier molecular flexibility index (Phi) is 5.27. The van der Waals surface area contributed by atoms with Gasteiger partial charge in [-0.05, 0) is 37.9 Å². The standard InChI is InChI=1S/C18H23N3O3/c1-24-18(23)17(22)14-7-9-21(10-8-14)12-15-11-16(20-19-15)13-5-3-2-4-6-13/h2-6,11,14,17,22H,7-10,12H2,1H3,(H,19,20)/t17-/m1/s1. The number of aromatic amines is 1. The molecule has 1 fully saturated rings. The summed E-state index contributed by atoms with van der Waals surface area (Å²) in [6.45, 7) is 2.48. The molecular weight excluding hydrogens is 306 g/mol. The largest absolute Gasteiger partial charge is 0.467 e. The number of H-pyrrole nitrogens is 1. The second kappa shape index (κ2) is 7.59. The summed E-state index contributed by atoms with van der Waals surface area (Å²) in [4.78, 5) is 13.7. The van der Waals surface area contributed by atoms with Gasteiger partial charge in [0.05, 0.1) is 12.8 Å². The van der Waals surface area contributed by atoms with Gasteiger partial charge in [0, 0.05) is 17.8 Å². The van der Waals surface area contributed by atoms with Crippen molar-refractivity contribution >= 4 is 5.97 Å². The number of likely N-dealkylation sites (tertiary alicyclic amines) is 1. The van der Waals surface area contributed by atoms with E-state index in [1.54, 1.807) is 0 Å².